The number of aromatic nitrogens is 1. The maximum Gasteiger partial charge on any atom is 0.137 e. The first-order valence-corrected chi connectivity index (χ1v) is 7.99. The van der Waals surface area contributed by atoms with E-state index in [4.69, 9.17) is 0 Å². The van der Waals surface area contributed by atoms with Gasteiger partial charge in [-0.25, -0.2) is 4.39 Å². The molecule has 2 nitrogen and oxygen atoms in total. The monoisotopic (exact) mass is 358 g/mol. The summed E-state index contributed by atoms with van der Waals surface area (Å²) in [5, 5.41) is 5.78. The predicted octanol–water partition coefficient (Wildman–Crippen LogP) is 4.47. The molecule has 0 fully saturated rings. The number of nitrogens with one attached hydrogen (secondary N) is 1. The van der Waals surface area contributed by atoms with Gasteiger partial charge in [-0.2, -0.15) is 0 Å². The Labute approximate surface area is 137 Å². The first-order valence-electron chi connectivity index (χ1n) is 7.20. The Bertz CT molecular complexity index is 789. The molecule has 0 aliphatic heterocycles. The summed E-state index contributed by atoms with van der Waals surface area (Å²) in [7, 11) is 0. The predicted molar refractivity (Wildman–Crippen MR) is 91.3 cm³/mol. The van der Waals surface area contributed by atoms with Gasteiger partial charge in [0.25, 0.3) is 0 Å². The second-order valence-corrected chi connectivity index (χ2v) is 6.09. The Morgan fingerprint density at radius 3 is 2.73 bits per heavy atom. The summed E-state index contributed by atoms with van der Waals surface area (Å²) in [6.45, 7) is 1.67. The van der Waals surface area contributed by atoms with Gasteiger partial charge in [0.05, 0.1) is 4.47 Å². The molecule has 3 rings (SSSR count). The Morgan fingerprint density at radius 2 is 1.86 bits per heavy atom. The van der Waals surface area contributed by atoms with Gasteiger partial charge in [0.15, 0.2) is 0 Å². The third-order valence-corrected chi connectivity index (χ3v) is 4.22. The highest BCUT2D eigenvalue weighted by atomic mass is 79.9. The number of hydrogen-bond donors (Lipinski definition) is 1. The van der Waals surface area contributed by atoms with E-state index >= 15 is 0 Å². The van der Waals surface area contributed by atoms with E-state index in [1.54, 1.807) is 0 Å². The van der Waals surface area contributed by atoms with Crippen LogP contribution in [0.3, 0.4) is 0 Å². The van der Waals surface area contributed by atoms with Gasteiger partial charge in [-0.1, -0.05) is 18.2 Å². The van der Waals surface area contributed by atoms with Gasteiger partial charge in [-0.05, 0) is 69.7 Å². The summed E-state index contributed by atoms with van der Waals surface area (Å²) in [5.41, 5.74) is 2.37. The summed E-state index contributed by atoms with van der Waals surface area (Å²) < 4.78 is 13.7. The molecule has 1 N–H and O–H groups in total. The molecule has 2 aromatic carbocycles. The van der Waals surface area contributed by atoms with Crippen molar-refractivity contribution in [2.45, 2.75) is 13.0 Å². The molecule has 0 saturated carbocycles. The van der Waals surface area contributed by atoms with E-state index < -0.39 is 0 Å². The second kappa shape index (κ2) is 6.99. The Kier molecular flexibility index (Phi) is 4.80. The molecule has 22 heavy (non-hydrogen) atoms. The van der Waals surface area contributed by atoms with Gasteiger partial charge < -0.3 is 5.32 Å². The van der Waals surface area contributed by atoms with Crippen molar-refractivity contribution in [2.24, 2.45) is 0 Å². The number of pyridine rings is 1. The van der Waals surface area contributed by atoms with Crippen LogP contribution in [-0.4, -0.2) is 11.5 Å². The minimum atomic E-state index is -0.220. The highest BCUT2D eigenvalue weighted by Gasteiger charge is 2.01. The van der Waals surface area contributed by atoms with Crippen LogP contribution in [0.4, 0.5) is 4.39 Å². The van der Waals surface area contributed by atoms with Crippen LogP contribution in [0.25, 0.3) is 10.8 Å². The summed E-state index contributed by atoms with van der Waals surface area (Å²) in [6.07, 6.45) is 4.56. The summed E-state index contributed by atoms with van der Waals surface area (Å²) in [5.74, 6) is -0.220. The molecule has 0 aliphatic rings. The Hall–Kier alpha value is -1.78. The smallest absolute Gasteiger partial charge is 0.137 e. The SMILES string of the molecule is Fc1ccc(CCNCc2ccc3cnccc3c2)cc1Br. The van der Waals surface area contributed by atoms with Gasteiger partial charge in [0.1, 0.15) is 5.82 Å². The maximum atomic E-state index is 13.2. The van der Waals surface area contributed by atoms with Crippen LogP contribution in [0.2, 0.25) is 0 Å². The molecular formula is C18H16BrFN2. The molecule has 0 amide bonds. The highest BCUT2D eigenvalue weighted by molar-refractivity contribution is 9.10. The lowest BCUT2D eigenvalue weighted by Gasteiger charge is -2.07. The molecule has 0 bridgehead atoms. The van der Waals surface area contributed by atoms with Crippen molar-refractivity contribution in [1.82, 2.24) is 10.3 Å². The van der Waals surface area contributed by atoms with Crippen molar-refractivity contribution in [3.8, 4) is 0 Å². The number of benzene rings is 2. The van der Waals surface area contributed by atoms with Crippen molar-refractivity contribution >= 4 is 26.7 Å². The van der Waals surface area contributed by atoms with Gasteiger partial charge in [-0.3, -0.25) is 4.98 Å². The zero-order valence-corrected chi connectivity index (χ0v) is 13.6. The van der Waals surface area contributed by atoms with Crippen LogP contribution in [0.15, 0.2) is 59.3 Å². The molecule has 0 spiro atoms. The Morgan fingerprint density at radius 1 is 1.00 bits per heavy atom. The minimum Gasteiger partial charge on any atom is -0.312 e. The average Bonchev–Trinajstić information content (AvgIpc) is 2.54. The fourth-order valence-corrected chi connectivity index (χ4v) is 2.83. The molecular weight excluding hydrogens is 343 g/mol. The van der Waals surface area contributed by atoms with E-state index in [2.05, 4.69) is 44.4 Å². The van der Waals surface area contributed by atoms with Crippen molar-refractivity contribution in [2.75, 3.05) is 6.54 Å². The highest BCUT2D eigenvalue weighted by Crippen LogP contribution is 2.17. The van der Waals surface area contributed by atoms with E-state index in [0.717, 1.165) is 30.5 Å². The number of nitrogens with zero attached hydrogens (tertiary/aromatic N) is 1. The van der Waals surface area contributed by atoms with E-state index in [1.807, 2.05) is 30.6 Å². The van der Waals surface area contributed by atoms with Crippen LogP contribution in [0.1, 0.15) is 11.1 Å². The van der Waals surface area contributed by atoms with Gasteiger partial charge in [0, 0.05) is 24.3 Å². The molecule has 1 heterocycles. The number of halogens is 2. The van der Waals surface area contributed by atoms with Crippen LogP contribution >= 0.6 is 15.9 Å². The quantitative estimate of drug-likeness (QED) is 0.680. The third-order valence-electron chi connectivity index (χ3n) is 3.61. The third kappa shape index (κ3) is 3.70. The molecule has 0 aliphatic carbocycles. The minimum absolute atomic E-state index is 0.220. The molecule has 3 aromatic rings. The summed E-state index contributed by atoms with van der Waals surface area (Å²) >= 11 is 3.21. The molecule has 4 heteroatoms. The molecule has 0 saturated heterocycles. The summed E-state index contributed by atoms with van der Waals surface area (Å²) in [6, 6.07) is 13.6. The van der Waals surface area contributed by atoms with E-state index in [-0.39, 0.29) is 5.82 Å². The fourth-order valence-electron chi connectivity index (χ4n) is 2.40. The zero-order valence-electron chi connectivity index (χ0n) is 12.0. The van der Waals surface area contributed by atoms with Crippen LogP contribution in [0, 0.1) is 5.82 Å². The van der Waals surface area contributed by atoms with Crippen molar-refractivity contribution in [1.29, 1.82) is 0 Å². The van der Waals surface area contributed by atoms with Crippen LogP contribution in [0.5, 0.6) is 0 Å². The Balaban J connectivity index is 1.54. The second-order valence-electron chi connectivity index (χ2n) is 5.23. The van der Waals surface area contributed by atoms with Crippen molar-refractivity contribution in [3.63, 3.8) is 0 Å². The molecule has 0 atom stereocenters. The van der Waals surface area contributed by atoms with E-state index in [0.29, 0.717) is 4.47 Å². The van der Waals surface area contributed by atoms with Gasteiger partial charge in [0.2, 0.25) is 0 Å². The average molecular weight is 359 g/mol. The number of fused-ring (bicyclic) bond motifs is 1. The zero-order chi connectivity index (χ0) is 15.4. The largest absolute Gasteiger partial charge is 0.312 e. The van der Waals surface area contributed by atoms with Crippen molar-refractivity contribution < 1.29 is 4.39 Å². The fraction of sp³-hybridized carbons (Fsp3) is 0.167. The van der Waals surface area contributed by atoms with E-state index in [9.17, 15) is 4.39 Å². The molecule has 0 unspecified atom stereocenters. The van der Waals surface area contributed by atoms with Gasteiger partial charge in [-0.15, -0.1) is 0 Å². The van der Waals surface area contributed by atoms with Crippen LogP contribution in [-0.2, 0) is 13.0 Å². The molecule has 112 valence electrons. The first-order chi connectivity index (χ1) is 10.7. The number of hydrogen-bond acceptors (Lipinski definition) is 2. The lowest BCUT2D eigenvalue weighted by molar-refractivity contribution is 0.619. The van der Waals surface area contributed by atoms with Crippen molar-refractivity contribution in [3.05, 3.63) is 76.3 Å². The van der Waals surface area contributed by atoms with Crippen LogP contribution < -0.4 is 5.32 Å². The first kappa shape index (κ1) is 15.1. The molecule has 1 aromatic heterocycles. The van der Waals surface area contributed by atoms with E-state index in [1.165, 1.54) is 17.0 Å². The lowest BCUT2D eigenvalue weighted by atomic mass is 10.1. The molecule has 0 radical (unpaired) electrons. The number of rotatable bonds is 5. The topological polar surface area (TPSA) is 24.9 Å². The van der Waals surface area contributed by atoms with Gasteiger partial charge >= 0.3 is 0 Å². The standard InChI is InChI=1S/C18H16BrFN2/c19-17-10-13(2-4-18(17)20)5-7-21-11-14-1-3-16-12-22-8-6-15(16)9-14/h1-4,6,8-10,12,21H,5,7,11H2. The summed E-state index contributed by atoms with van der Waals surface area (Å²) in [4.78, 5) is 4.12. The normalized spacial score (nSPS) is 11.0. The maximum absolute atomic E-state index is 13.2. The lowest BCUT2D eigenvalue weighted by Crippen LogP contribution is -2.16.